The molecule has 1 atom stereocenters. The first-order valence-corrected chi connectivity index (χ1v) is 14.0. The van der Waals surface area contributed by atoms with Crippen molar-refractivity contribution >= 4 is 44.1 Å². The average molecular weight is 556 g/mol. The van der Waals surface area contributed by atoms with Gasteiger partial charge in [0.05, 0.1) is 28.9 Å². The van der Waals surface area contributed by atoms with Crippen LogP contribution in [0, 0.1) is 6.92 Å². The van der Waals surface area contributed by atoms with E-state index in [2.05, 4.69) is 31.8 Å². The van der Waals surface area contributed by atoms with Gasteiger partial charge in [-0.2, -0.15) is 0 Å². The Kier molecular flexibility index (Phi) is 7.00. The van der Waals surface area contributed by atoms with E-state index in [0.29, 0.717) is 22.0 Å². The van der Waals surface area contributed by atoms with Gasteiger partial charge in [-0.3, -0.25) is 19.5 Å². The summed E-state index contributed by atoms with van der Waals surface area (Å²) in [6.07, 6.45) is 3.24. The number of aryl methyl sites for hydroxylation is 1. The molecule has 0 saturated carbocycles. The van der Waals surface area contributed by atoms with Gasteiger partial charge in [0.1, 0.15) is 11.5 Å². The number of ether oxygens (including phenoxy) is 1. The number of methoxy groups -OCH3 is 1. The molecule has 0 spiro atoms. The van der Waals surface area contributed by atoms with Gasteiger partial charge >= 0.3 is 5.91 Å². The number of fused-ring (bicyclic) bond motifs is 1. The Hall–Kier alpha value is -4.04. The largest absolute Gasteiger partial charge is 0.507 e. The number of anilines is 1. The summed E-state index contributed by atoms with van der Waals surface area (Å²) in [5.41, 5.74) is 4.55. The first-order chi connectivity index (χ1) is 18.9. The quantitative estimate of drug-likeness (QED) is 0.161. The molecule has 2 aromatic heterocycles. The molecule has 0 aliphatic carbocycles. The van der Waals surface area contributed by atoms with E-state index in [1.807, 2.05) is 45.0 Å². The summed E-state index contributed by atoms with van der Waals surface area (Å²) in [6, 6.07) is 12.4. The molecule has 1 aliphatic heterocycles. The molecule has 3 heterocycles. The van der Waals surface area contributed by atoms with Gasteiger partial charge < -0.3 is 9.84 Å². The van der Waals surface area contributed by atoms with Crippen molar-refractivity contribution in [3.05, 3.63) is 88.2 Å². The number of pyridine rings is 1. The molecule has 7 nitrogen and oxygen atoms in total. The zero-order chi connectivity index (χ0) is 28.9. The number of carbonyl (C=O) groups excluding carboxylic acids is 2. The lowest BCUT2D eigenvalue weighted by Crippen LogP contribution is -2.29. The summed E-state index contributed by atoms with van der Waals surface area (Å²) >= 11 is 1.35. The summed E-state index contributed by atoms with van der Waals surface area (Å²) in [5.74, 6) is -0.910. The number of hydrogen-bond donors (Lipinski definition) is 1. The van der Waals surface area contributed by atoms with Crippen molar-refractivity contribution < 1.29 is 19.4 Å². The third-order valence-electron chi connectivity index (χ3n) is 7.35. The molecule has 1 saturated heterocycles. The molecule has 5 rings (SSSR count). The van der Waals surface area contributed by atoms with Crippen LogP contribution in [0.5, 0.6) is 5.75 Å². The highest BCUT2D eigenvalue weighted by Gasteiger charge is 2.48. The predicted molar refractivity (Wildman–Crippen MR) is 159 cm³/mol. The SMILES string of the molecule is COc1cc(C)c(/C(O)=C2\C(=O)C(=O)N(c3nc4ccc(C(C)(C)C)cc4s3)C2c2cccnc2)cc1C(C)C. The summed E-state index contributed by atoms with van der Waals surface area (Å²) in [7, 11) is 1.61. The maximum atomic E-state index is 13.7. The maximum absolute atomic E-state index is 13.7. The second-order valence-electron chi connectivity index (χ2n) is 11.4. The van der Waals surface area contributed by atoms with Gasteiger partial charge in [0.15, 0.2) is 5.13 Å². The van der Waals surface area contributed by atoms with E-state index in [1.165, 1.54) is 16.2 Å². The number of hydrogen-bond acceptors (Lipinski definition) is 7. The molecular weight excluding hydrogens is 522 g/mol. The Labute approximate surface area is 238 Å². The Balaban J connectivity index is 1.72. The molecule has 1 unspecified atom stereocenters. The number of rotatable bonds is 5. The first kappa shape index (κ1) is 27.5. The Morgan fingerprint density at radius 1 is 1.12 bits per heavy atom. The number of ketones is 1. The van der Waals surface area contributed by atoms with E-state index in [0.717, 1.165) is 26.9 Å². The van der Waals surface area contributed by atoms with Crippen molar-refractivity contribution in [1.29, 1.82) is 0 Å². The molecule has 1 amide bonds. The topological polar surface area (TPSA) is 92.6 Å². The number of aromatic nitrogens is 2. The molecule has 1 aliphatic rings. The lowest BCUT2D eigenvalue weighted by molar-refractivity contribution is -0.132. The molecule has 1 fully saturated rings. The van der Waals surface area contributed by atoms with E-state index in [4.69, 9.17) is 9.72 Å². The molecule has 0 bridgehead atoms. The van der Waals surface area contributed by atoms with Crippen LogP contribution in [0.2, 0.25) is 0 Å². The van der Waals surface area contributed by atoms with Crippen LogP contribution in [0.25, 0.3) is 16.0 Å². The Morgan fingerprint density at radius 2 is 1.88 bits per heavy atom. The molecule has 0 radical (unpaired) electrons. The zero-order valence-electron chi connectivity index (χ0n) is 23.8. The number of carbonyl (C=O) groups is 2. The minimum Gasteiger partial charge on any atom is -0.507 e. The van der Waals surface area contributed by atoms with Crippen LogP contribution in [-0.2, 0) is 15.0 Å². The van der Waals surface area contributed by atoms with E-state index in [-0.39, 0.29) is 22.7 Å². The molecule has 8 heteroatoms. The van der Waals surface area contributed by atoms with Gasteiger partial charge in [0, 0.05) is 18.0 Å². The number of Topliss-reactive ketones (excluding diaryl/α,β-unsaturated/α-hetero) is 1. The second kappa shape index (κ2) is 10.2. The average Bonchev–Trinajstić information content (AvgIpc) is 3.45. The van der Waals surface area contributed by atoms with Crippen LogP contribution in [0.4, 0.5) is 5.13 Å². The van der Waals surface area contributed by atoms with Gasteiger partial charge in [-0.05, 0) is 70.8 Å². The van der Waals surface area contributed by atoms with Gasteiger partial charge in [-0.25, -0.2) is 4.98 Å². The predicted octanol–water partition coefficient (Wildman–Crippen LogP) is 7.06. The van der Waals surface area contributed by atoms with Crippen molar-refractivity contribution in [2.45, 2.75) is 58.9 Å². The van der Waals surface area contributed by atoms with Gasteiger partial charge in [0.25, 0.3) is 5.78 Å². The van der Waals surface area contributed by atoms with Crippen LogP contribution in [-0.4, -0.2) is 33.9 Å². The van der Waals surface area contributed by atoms with Crippen molar-refractivity contribution in [2.75, 3.05) is 12.0 Å². The third kappa shape index (κ3) is 4.66. The van der Waals surface area contributed by atoms with E-state index < -0.39 is 17.7 Å². The van der Waals surface area contributed by atoms with Crippen molar-refractivity contribution in [3.8, 4) is 5.75 Å². The lowest BCUT2D eigenvalue weighted by atomic mass is 9.87. The van der Waals surface area contributed by atoms with Crippen molar-refractivity contribution in [3.63, 3.8) is 0 Å². The monoisotopic (exact) mass is 555 g/mol. The minimum atomic E-state index is -0.889. The second-order valence-corrected chi connectivity index (χ2v) is 12.5. The highest BCUT2D eigenvalue weighted by atomic mass is 32.1. The highest BCUT2D eigenvalue weighted by molar-refractivity contribution is 7.22. The molecule has 1 N–H and O–H groups in total. The van der Waals surface area contributed by atoms with Crippen LogP contribution in [0.1, 0.15) is 74.4 Å². The number of benzene rings is 2. The number of aliphatic hydroxyl groups is 1. The third-order valence-corrected chi connectivity index (χ3v) is 8.37. The number of amides is 1. The fourth-order valence-corrected chi connectivity index (χ4v) is 6.12. The van der Waals surface area contributed by atoms with Crippen molar-refractivity contribution in [1.82, 2.24) is 9.97 Å². The van der Waals surface area contributed by atoms with Crippen LogP contribution >= 0.6 is 11.3 Å². The summed E-state index contributed by atoms with van der Waals surface area (Å²) in [4.78, 5) is 37.7. The van der Waals surface area contributed by atoms with E-state index in [9.17, 15) is 14.7 Å². The van der Waals surface area contributed by atoms with E-state index >= 15 is 0 Å². The number of aliphatic hydroxyl groups excluding tert-OH is 1. The van der Waals surface area contributed by atoms with E-state index in [1.54, 1.807) is 31.6 Å². The maximum Gasteiger partial charge on any atom is 0.301 e. The molecule has 40 heavy (non-hydrogen) atoms. The van der Waals surface area contributed by atoms with Crippen LogP contribution in [0.3, 0.4) is 0 Å². The summed E-state index contributed by atoms with van der Waals surface area (Å²) in [5, 5.41) is 12.1. The van der Waals surface area contributed by atoms with Crippen molar-refractivity contribution in [2.24, 2.45) is 0 Å². The molecule has 4 aromatic rings. The fraction of sp³-hybridized carbons (Fsp3) is 0.312. The minimum absolute atomic E-state index is 0.00982. The standard InChI is InChI=1S/C32H33N3O4S/c1-17(2)21-15-22(18(3)13-24(21)39-7)28(36)26-27(19-9-8-12-33-16-19)35(30(38)29(26)37)31-34-23-11-10-20(32(4,5)6)14-25(23)40-31/h8-17,27,36H,1-7H3/b28-26+. The molecule has 2 aromatic carbocycles. The molecular formula is C32H33N3O4S. The number of thiazole rings is 1. The summed E-state index contributed by atoms with van der Waals surface area (Å²) in [6.45, 7) is 12.3. The van der Waals surface area contributed by atoms with Gasteiger partial charge in [0.2, 0.25) is 0 Å². The van der Waals surface area contributed by atoms with Crippen LogP contribution in [0.15, 0.2) is 60.4 Å². The Morgan fingerprint density at radius 3 is 2.50 bits per heavy atom. The van der Waals surface area contributed by atoms with Gasteiger partial charge in [-0.15, -0.1) is 0 Å². The first-order valence-electron chi connectivity index (χ1n) is 13.2. The fourth-order valence-electron chi connectivity index (χ4n) is 5.09. The number of nitrogens with zero attached hydrogens (tertiary/aromatic N) is 3. The van der Waals surface area contributed by atoms with Gasteiger partial charge in [-0.1, -0.05) is 58.1 Å². The smallest absolute Gasteiger partial charge is 0.301 e. The normalized spacial score (nSPS) is 17.3. The van der Waals surface area contributed by atoms with Crippen LogP contribution < -0.4 is 9.64 Å². The lowest BCUT2D eigenvalue weighted by Gasteiger charge is -2.23. The Bertz CT molecular complexity index is 1660. The highest BCUT2D eigenvalue weighted by Crippen LogP contribution is 2.45. The zero-order valence-corrected chi connectivity index (χ0v) is 24.6. The summed E-state index contributed by atoms with van der Waals surface area (Å²) < 4.78 is 6.49. The molecule has 206 valence electrons.